The second-order valence-corrected chi connectivity index (χ2v) is 7.06. The minimum Gasteiger partial charge on any atom is -0.494 e. The summed E-state index contributed by atoms with van der Waals surface area (Å²) in [4.78, 5) is 16.5. The SMILES string of the molecule is CCOc1ccc(S(=O)(=O)Nc2cc3[nH]c(=O)[nH]c3cc2Cl)cc1. The number of nitrogens with one attached hydrogen (secondary N) is 3. The Balaban J connectivity index is 1.93. The summed E-state index contributed by atoms with van der Waals surface area (Å²) >= 11 is 6.09. The van der Waals surface area contributed by atoms with E-state index in [9.17, 15) is 13.2 Å². The van der Waals surface area contributed by atoms with Crippen LogP contribution in [0.4, 0.5) is 5.69 Å². The summed E-state index contributed by atoms with van der Waals surface area (Å²) in [5, 5.41) is 0.173. The molecule has 0 spiro atoms. The number of sulfonamides is 1. The summed E-state index contributed by atoms with van der Waals surface area (Å²) in [6.45, 7) is 2.34. The van der Waals surface area contributed by atoms with Crippen LogP contribution in [0.2, 0.25) is 5.02 Å². The van der Waals surface area contributed by atoms with Crippen LogP contribution in [0.15, 0.2) is 46.1 Å². The zero-order valence-corrected chi connectivity index (χ0v) is 14.2. The number of imidazole rings is 1. The lowest BCUT2D eigenvalue weighted by molar-refractivity contribution is 0.340. The van der Waals surface area contributed by atoms with Crippen LogP contribution < -0.4 is 15.1 Å². The first-order valence-corrected chi connectivity index (χ1v) is 8.92. The van der Waals surface area contributed by atoms with Crippen molar-refractivity contribution in [1.82, 2.24) is 9.97 Å². The predicted molar refractivity (Wildman–Crippen MR) is 92.3 cm³/mol. The number of aromatic amines is 2. The maximum Gasteiger partial charge on any atom is 0.323 e. The van der Waals surface area contributed by atoms with Crippen molar-refractivity contribution in [2.75, 3.05) is 11.3 Å². The van der Waals surface area contributed by atoms with Crippen LogP contribution >= 0.6 is 11.6 Å². The Bertz CT molecular complexity index is 1040. The Kier molecular flexibility index (Phi) is 4.25. The largest absolute Gasteiger partial charge is 0.494 e. The summed E-state index contributed by atoms with van der Waals surface area (Å²) < 4.78 is 32.7. The quantitative estimate of drug-likeness (QED) is 0.644. The first-order valence-electron chi connectivity index (χ1n) is 7.06. The van der Waals surface area contributed by atoms with Gasteiger partial charge in [-0.3, -0.25) is 4.72 Å². The molecule has 3 rings (SSSR count). The standard InChI is InChI=1S/C15H14ClN3O4S/c1-2-23-9-3-5-10(6-4-9)24(21,22)19-12-8-14-13(7-11(12)16)17-15(20)18-14/h3-8,19H,2H2,1H3,(H2,17,18,20). The van der Waals surface area contributed by atoms with Gasteiger partial charge in [-0.2, -0.15) is 0 Å². The molecule has 0 bridgehead atoms. The second kappa shape index (κ2) is 6.21. The van der Waals surface area contributed by atoms with Crippen molar-refractivity contribution in [3.63, 3.8) is 0 Å². The maximum atomic E-state index is 12.5. The van der Waals surface area contributed by atoms with E-state index in [-0.39, 0.29) is 15.6 Å². The first kappa shape index (κ1) is 16.4. The van der Waals surface area contributed by atoms with Gasteiger partial charge in [-0.15, -0.1) is 0 Å². The van der Waals surface area contributed by atoms with E-state index in [0.717, 1.165) is 0 Å². The molecule has 0 aliphatic carbocycles. The zero-order valence-electron chi connectivity index (χ0n) is 12.6. The molecule has 126 valence electrons. The lowest BCUT2D eigenvalue weighted by Gasteiger charge is -2.10. The van der Waals surface area contributed by atoms with E-state index in [0.29, 0.717) is 23.4 Å². The molecular weight excluding hydrogens is 354 g/mol. The number of hydrogen-bond acceptors (Lipinski definition) is 4. The Morgan fingerprint density at radius 2 is 1.75 bits per heavy atom. The van der Waals surface area contributed by atoms with Gasteiger partial charge < -0.3 is 14.7 Å². The molecular formula is C15H14ClN3O4S. The van der Waals surface area contributed by atoms with Gasteiger partial charge in [0.1, 0.15) is 5.75 Å². The molecule has 0 saturated heterocycles. The average Bonchev–Trinajstić information content (AvgIpc) is 2.87. The number of H-pyrrole nitrogens is 2. The molecule has 0 aliphatic heterocycles. The number of aromatic nitrogens is 2. The fraction of sp³-hybridized carbons (Fsp3) is 0.133. The monoisotopic (exact) mass is 367 g/mol. The number of benzene rings is 2. The van der Waals surface area contributed by atoms with E-state index in [1.54, 1.807) is 12.1 Å². The van der Waals surface area contributed by atoms with Gasteiger partial charge in [-0.05, 0) is 43.3 Å². The molecule has 0 unspecified atom stereocenters. The van der Waals surface area contributed by atoms with Crippen molar-refractivity contribution in [3.05, 3.63) is 51.9 Å². The predicted octanol–water partition coefficient (Wildman–Crippen LogP) is 2.71. The van der Waals surface area contributed by atoms with Crippen molar-refractivity contribution in [3.8, 4) is 5.75 Å². The Morgan fingerprint density at radius 3 is 2.38 bits per heavy atom. The van der Waals surface area contributed by atoms with E-state index in [1.807, 2.05) is 6.92 Å². The summed E-state index contributed by atoms with van der Waals surface area (Å²) in [6.07, 6.45) is 0. The highest BCUT2D eigenvalue weighted by molar-refractivity contribution is 7.92. The summed E-state index contributed by atoms with van der Waals surface area (Å²) in [5.41, 5.74) is 0.726. The Labute approximate surface area is 142 Å². The van der Waals surface area contributed by atoms with Crippen LogP contribution in [-0.2, 0) is 10.0 Å². The number of anilines is 1. The minimum absolute atomic E-state index is 0.0738. The highest BCUT2D eigenvalue weighted by Gasteiger charge is 2.17. The van der Waals surface area contributed by atoms with Crippen molar-refractivity contribution in [2.24, 2.45) is 0 Å². The molecule has 0 aliphatic rings. The number of rotatable bonds is 5. The molecule has 3 aromatic rings. The highest BCUT2D eigenvalue weighted by atomic mass is 35.5. The van der Waals surface area contributed by atoms with Crippen molar-refractivity contribution in [2.45, 2.75) is 11.8 Å². The average molecular weight is 368 g/mol. The van der Waals surface area contributed by atoms with E-state index in [4.69, 9.17) is 16.3 Å². The number of fused-ring (bicyclic) bond motifs is 1. The van der Waals surface area contributed by atoms with Gasteiger partial charge in [-0.1, -0.05) is 11.6 Å². The zero-order chi connectivity index (χ0) is 17.3. The summed E-state index contributed by atoms with van der Waals surface area (Å²) in [7, 11) is -3.82. The highest BCUT2D eigenvalue weighted by Crippen LogP contribution is 2.28. The fourth-order valence-electron chi connectivity index (χ4n) is 2.22. The van der Waals surface area contributed by atoms with Crippen LogP contribution in [0.1, 0.15) is 6.92 Å². The van der Waals surface area contributed by atoms with E-state index < -0.39 is 15.7 Å². The third-order valence-electron chi connectivity index (χ3n) is 3.29. The normalized spacial score (nSPS) is 11.6. The number of ether oxygens (including phenoxy) is 1. The third kappa shape index (κ3) is 3.24. The van der Waals surface area contributed by atoms with Gasteiger partial charge in [0.25, 0.3) is 10.0 Å². The lowest BCUT2D eigenvalue weighted by Crippen LogP contribution is -2.13. The second-order valence-electron chi connectivity index (χ2n) is 4.97. The lowest BCUT2D eigenvalue weighted by atomic mass is 10.3. The maximum absolute atomic E-state index is 12.5. The van der Waals surface area contributed by atoms with Crippen LogP contribution in [0.25, 0.3) is 11.0 Å². The van der Waals surface area contributed by atoms with Gasteiger partial charge in [0, 0.05) is 0 Å². The van der Waals surface area contributed by atoms with Gasteiger partial charge in [0.15, 0.2) is 0 Å². The molecule has 2 aromatic carbocycles. The molecule has 0 atom stereocenters. The topological polar surface area (TPSA) is 104 Å². The van der Waals surface area contributed by atoms with Crippen LogP contribution in [0.5, 0.6) is 5.75 Å². The first-order chi connectivity index (χ1) is 11.4. The molecule has 0 fully saturated rings. The van der Waals surface area contributed by atoms with Crippen LogP contribution in [0.3, 0.4) is 0 Å². The molecule has 9 heteroatoms. The van der Waals surface area contributed by atoms with Crippen molar-refractivity contribution in [1.29, 1.82) is 0 Å². The van der Waals surface area contributed by atoms with Crippen molar-refractivity contribution < 1.29 is 13.2 Å². The summed E-state index contributed by atoms with van der Waals surface area (Å²) in [6, 6.07) is 8.97. The van der Waals surface area contributed by atoms with Gasteiger partial charge in [0.2, 0.25) is 0 Å². The van der Waals surface area contributed by atoms with Gasteiger partial charge >= 0.3 is 5.69 Å². The van der Waals surface area contributed by atoms with E-state index >= 15 is 0 Å². The molecule has 24 heavy (non-hydrogen) atoms. The molecule has 1 heterocycles. The molecule has 7 nitrogen and oxygen atoms in total. The summed E-state index contributed by atoms with van der Waals surface area (Å²) in [5.74, 6) is 0.584. The molecule has 1 aromatic heterocycles. The molecule has 3 N–H and O–H groups in total. The molecule has 0 amide bonds. The third-order valence-corrected chi connectivity index (χ3v) is 4.99. The van der Waals surface area contributed by atoms with Crippen LogP contribution in [0, 0.1) is 0 Å². The molecule has 0 saturated carbocycles. The van der Waals surface area contributed by atoms with Crippen molar-refractivity contribution >= 4 is 38.3 Å². The minimum atomic E-state index is -3.82. The smallest absolute Gasteiger partial charge is 0.323 e. The van der Waals surface area contributed by atoms with E-state index in [2.05, 4.69) is 14.7 Å². The fourth-order valence-corrected chi connectivity index (χ4v) is 3.56. The number of hydrogen-bond donors (Lipinski definition) is 3. The molecule has 0 radical (unpaired) electrons. The number of halogens is 1. The Morgan fingerprint density at radius 1 is 1.12 bits per heavy atom. The van der Waals surface area contributed by atoms with Gasteiger partial charge in [-0.25, -0.2) is 13.2 Å². The van der Waals surface area contributed by atoms with Gasteiger partial charge in [0.05, 0.1) is 33.2 Å². The van der Waals surface area contributed by atoms with Crippen LogP contribution in [-0.4, -0.2) is 25.0 Å². The van der Waals surface area contributed by atoms with E-state index in [1.165, 1.54) is 24.3 Å². The Hall–Kier alpha value is -2.45.